The van der Waals surface area contributed by atoms with Gasteiger partial charge >= 0.3 is 0 Å². The lowest BCUT2D eigenvalue weighted by Crippen LogP contribution is -2.38. The van der Waals surface area contributed by atoms with Gasteiger partial charge in [0.1, 0.15) is 16.5 Å². The van der Waals surface area contributed by atoms with E-state index in [9.17, 15) is 14.9 Å². The van der Waals surface area contributed by atoms with Gasteiger partial charge in [-0.25, -0.2) is 0 Å². The van der Waals surface area contributed by atoms with Crippen molar-refractivity contribution in [3.63, 3.8) is 0 Å². The Labute approximate surface area is 181 Å². The van der Waals surface area contributed by atoms with E-state index in [4.69, 9.17) is 16.0 Å². The van der Waals surface area contributed by atoms with Crippen molar-refractivity contribution in [3.8, 4) is 11.3 Å². The summed E-state index contributed by atoms with van der Waals surface area (Å²) in [5.74, 6) is 1.43. The molecular weight excluding hydrogens is 426 g/mol. The van der Waals surface area contributed by atoms with Gasteiger partial charge in [-0.3, -0.25) is 14.9 Å². The highest BCUT2D eigenvalue weighted by molar-refractivity contribution is 7.16. The number of non-ortho nitro benzene ring substituents is 1. The first kappa shape index (κ1) is 19.1. The molecular formula is C21H18ClN3O4S. The van der Waals surface area contributed by atoms with Gasteiger partial charge in [-0.1, -0.05) is 18.5 Å². The third-order valence-corrected chi connectivity index (χ3v) is 7.14. The van der Waals surface area contributed by atoms with Gasteiger partial charge in [0, 0.05) is 22.6 Å². The van der Waals surface area contributed by atoms with Crippen molar-refractivity contribution in [1.82, 2.24) is 5.32 Å². The molecule has 0 spiro atoms. The van der Waals surface area contributed by atoms with Gasteiger partial charge in [0.2, 0.25) is 0 Å². The van der Waals surface area contributed by atoms with E-state index < -0.39 is 11.1 Å². The van der Waals surface area contributed by atoms with Gasteiger partial charge < -0.3 is 15.1 Å². The molecule has 30 heavy (non-hydrogen) atoms. The zero-order valence-electron chi connectivity index (χ0n) is 16.0. The molecule has 7 nitrogen and oxygen atoms in total. The number of benzene rings is 1. The number of nitrogens with zero attached hydrogens (tertiary/aromatic N) is 1. The summed E-state index contributed by atoms with van der Waals surface area (Å²) >= 11 is 7.87. The quantitative estimate of drug-likeness (QED) is 0.408. The highest BCUT2D eigenvalue weighted by Crippen LogP contribution is 2.43. The van der Waals surface area contributed by atoms with Gasteiger partial charge in [0.25, 0.3) is 11.6 Å². The number of nitro benzene ring substituents is 1. The van der Waals surface area contributed by atoms with E-state index in [1.807, 2.05) is 0 Å². The van der Waals surface area contributed by atoms with Crippen LogP contribution >= 0.6 is 22.9 Å². The van der Waals surface area contributed by atoms with E-state index in [1.165, 1.54) is 28.6 Å². The number of carbonyl (C=O) groups excluding carboxylic acids is 1. The van der Waals surface area contributed by atoms with Crippen LogP contribution in [0.4, 0.5) is 10.7 Å². The van der Waals surface area contributed by atoms with E-state index in [0.29, 0.717) is 28.0 Å². The number of nitrogens with one attached hydrogen (secondary N) is 2. The Bertz CT molecular complexity index is 1190. The second-order valence-corrected chi connectivity index (χ2v) is 9.24. The van der Waals surface area contributed by atoms with Crippen LogP contribution in [-0.4, -0.2) is 10.8 Å². The molecule has 5 rings (SSSR count). The van der Waals surface area contributed by atoms with Crippen LogP contribution in [0.2, 0.25) is 5.02 Å². The van der Waals surface area contributed by atoms with Gasteiger partial charge in [0.15, 0.2) is 6.17 Å². The predicted octanol–water partition coefficient (Wildman–Crippen LogP) is 5.55. The molecule has 154 valence electrons. The normalized spacial score (nSPS) is 20.1. The van der Waals surface area contributed by atoms with Crippen molar-refractivity contribution in [2.75, 3.05) is 5.32 Å². The predicted molar refractivity (Wildman–Crippen MR) is 115 cm³/mol. The Kier molecular flexibility index (Phi) is 4.56. The Hall–Kier alpha value is -2.84. The van der Waals surface area contributed by atoms with Crippen LogP contribution in [0.3, 0.4) is 0 Å². The third-order valence-electron chi connectivity index (χ3n) is 5.63. The van der Waals surface area contributed by atoms with Gasteiger partial charge in [-0.15, -0.1) is 11.3 Å². The maximum atomic E-state index is 12.9. The number of hydrogen-bond donors (Lipinski definition) is 2. The number of furan rings is 1. The molecule has 1 amide bonds. The lowest BCUT2D eigenvalue weighted by atomic mass is 9.88. The van der Waals surface area contributed by atoms with Gasteiger partial charge in [-0.2, -0.15) is 0 Å². The highest BCUT2D eigenvalue weighted by Gasteiger charge is 2.34. The van der Waals surface area contributed by atoms with Crippen LogP contribution < -0.4 is 10.6 Å². The number of carbonyl (C=O) groups is 1. The van der Waals surface area contributed by atoms with E-state index in [-0.39, 0.29) is 11.6 Å². The van der Waals surface area contributed by atoms with Crippen molar-refractivity contribution in [3.05, 3.63) is 67.2 Å². The summed E-state index contributed by atoms with van der Waals surface area (Å²) in [6.07, 6.45) is 2.51. The summed E-state index contributed by atoms with van der Waals surface area (Å²) in [6.45, 7) is 2.24. The first-order valence-electron chi connectivity index (χ1n) is 9.66. The van der Waals surface area contributed by atoms with Crippen LogP contribution in [0.5, 0.6) is 0 Å². The van der Waals surface area contributed by atoms with Crippen molar-refractivity contribution < 1.29 is 14.1 Å². The molecule has 2 aliphatic rings. The smallest absolute Gasteiger partial charge is 0.270 e. The van der Waals surface area contributed by atoms with Gasteiger partial charge in [-0.05, 0) is 48.9 Å². The Morgan fingerprint density at radius 2 is 2.10 bits per heavy atom. The minimum absolute atomic E-state index is 0.0699. The number of fused-ring (bicyclic) bond motifs is 3. The maximum absolute atomic E-state index is 12.9. The van der Waals surface area contributed by atoms with Crippen LogP contribution in [0, 0.1) is 16.0 Å². The lowest BCUT2D eigenvalue weighted by molar-refractivity contribution is -0.384. The summed E-state index contributed by atoms with van der Waals surface area (Å²) in [6, 6.07) is 7.64. The molecule has 1 aliphatic heterocycles. The van der Waals surface area contributed by atoms with Crippen LogP contribution in [0.1, 0.15) is 46.1 Å². The summed E-state index contributed by atoms with van der Waals surface area (Å²) in [5, 5.41) is 18.6. The minimum atomic E-state index is -0.520. The SMILES string of the molecule is C[C@H]1CCc2c(sc3c2C(=O)N[C@@H](c2ccc(-c4cc([N+](=O)[O-])ccc4Cl)o2)N3)C1. The molecule has 2 aromatic heterocycles. The highest BCUT2D eigenvalue weighted by atomic mass is 35.5. The van der Waals surface area contributed by atoms with Crippen molar-refractivity contribution in [1.29, 1.82) is 0 Å². The van der Waals surface area contributed by atoms with Crippen molar-refractivity contribution in [2.24, 2.45) is 5.92 Å². The first-order valence-corrected chi connectivity index (χ1v) is 10.9. The topological polar surface area (TPSA) is 97.4 Å². The first-order chi connectivity index (χ1) is 14.4. The fraction of sp³-hybridized carbons (Fsp3) is 0.286. The average Bonchev–Trinajstić information content (AvgIpc) is 3.32. The second kappa shape index (κ2) is 7.14. The molecule has 0 unspecified atom stereocenters. The molecule has 2 N–H and O–H groups in total. The summed E-state index contributed by atoms with van der Waals surface area (Å²) in [4.78, 5) is 24.7. The van der Waals surface area contributed by atoms with E-state index in [2.05, 4.69) is 17.6 Å². The maximum Gasteiger partial charge on any atom is 0.270 e. The van der Waals surface area contributed by atoms with Crippen molar-refractivity contribution in [2.45, 2.75) is 32.4 Å². The molecule has 0 radical (unpaired) electrons. The number of nitro groups is 1. The molecule has 9 heteroatoms. The number of amides is 1. The number of thiophene rings is 1. The fourth-order valence-electron chi connectivity index (χ4n) is 4.07. The molecule has 0 fully saturated rings. The Morgan fingerprint density at radius 3 is 2.90 bits per heavy atom. The molecule has 3 aromatic rings. The zero-order valence-corrected chi connectivity index (χ0v) is 17.6. The summed E-state index contributed by atoms with van der Waals surface area (Å²) in [5.41, 5.74) is 2.28. The van der Waals surface area contributed by atoms with Crippen LogP contribution in [-0.2, 0) is 12.8 Å². The Balaban J connectivity index is 1.45. The number of anilines is 1. The van der Waals surface area contributed by atoms with E-state index >= 15 is 0 Å². The minimum Gasteiger partial charge on any atom is -0.457 e. The van der Waals surface area contributed by atoms with Gasteiger partial charge in [0.05, 0.1) is 15.5 Å². The third kappa shape index (κ3) is 3.16. The summed E-state index contributed by atoms with van der Waals surface area (Å²) in [7, 11) is 0. The second-order valence-electron chi connectivity index (χ2n) is 7.73. The fourth-order valence-corrected chi connectivity index (χ4v) is 5.72. The Morgan fingerprint density at radius 1 is 1.27 bits per heavy atom. The monoisotopic (exact) mass is 443 g/mol. The number of halogens is 1. The van der Waals surface area contributed by atoms with Crippen LogP contribution in [0.15, 0.2) is 34.7 Å². The van der Waals surface area contributed by atoms with E-state index in [1.54, 1.807) is 23.5 Å². The number of rotatable bonds is 3. The molecule has 2 atom stereocenters. The molecule has 3 heterocycles. The largest absolute Gasteiger partial charge is 0.457 e. The lowest BCUT2D eigenvalue weighted by Gasteiger charge is -2.25. The molecule has 0 saturated heterocycles. The van der Waals surface area contributed by atoms with Crippen LogP contribution in [0.25, 0.3) is 11.3 Å². The molecule has 0 bridgehead atoms. The summed E-state index contributed by atoms with van der Waals surface area (Å²) < 4.78 is 5.93. The zero-order chi connectivity index (χ0) is 21.0. The number of hydrogen-bond acceptors (Lipinski definition) is 6. The molecule has 0 saturated carbocycles. The average molecular weight is 444 g/mol. The standard InChI is InChI=1S/C21H18ClN3O4S/c1-10-2-4-12-17(8-10)30-21-18(12)20(26)23-19(24-21)16-7-6-15(29-16)13-9-11(25(27)28)3-5-14(13)22/h3,5-7,9-10,19,24H,2,4,8H2,1H3,(H,23,26)/t10-,19+/m0/s1. The molecule has 1 aromatic carbocycles. The molecule has 1 aliphatic carbocycles. The van der Waals surface area contributed by atoms with E-state index in [0.717, 1.165) is 29.8 Å². The van der Waals surface area contributed by atoms with Crippen molar-refractivity contribution >= 4 is 39.5 Å².